The van der Waals surface area contributed by atoms with Gasteiger partial charge >= 0.3 is 17.9 Å². The smallest absolute Gasteiger partial charge is 0.318 e. The van der Waals surface area contributed by atoms with E-state index in [2.05, 4.69) is 11.3 Å². The summed E-state index contributed by atoms with van der Waals surface area (Å²) in [5, 5.41) is 0. The molecule has 3 aliphatic rings. The Balaban J connectivity index is 0.000000853. The Morgan fingerprint density at radius 2 is 1.06 bits per heavy atom. The van der Waals surface area contributed by atoms with E-state index < -0.39 is 35.7 Å². The molecule has 0 aromatic carbocycles. The van der Waals surface area contributed by atoms with E-state index in [-0.39, 0.29) is 125 Å². The second kappa shape index (κ2) is 6.72. The summed E-state index contributed by atoms with van der Waals surface area (Å²) < 4.78 is 9.24. The Kier molecular flexibility index (Phi) is 7.56. The third-order valence-corrected chi connectivity index (χ3v) is 3.17. The summed E-state index contributed by atoms with van der Waals surface area (Å²) in [6.07, 6.45) is 0. The van der Waals surface area contributed by atoms with Crippen LogP contribution in [0.15, 0.2) is 12.3 Å². The summed E-state index contributed by atoms with van der Waals surface area (Å²) in [6.45, 7) is 3.55. The predicted molar refractivity (Wildman–Crippen MR) is 40.3 cm³/mol. The fourth-order valence-corrected chi connectivity index (χ4v) is 2.53. The summed E-state index contributed by atoms with van der Waals surface area (Å²) in [4.78, 5) is 33.6. The van der Waals surface area contributed by atoms with Gasteiger partial charge in [-0.15, -0.1) is 0 Å². The minimum absolute atomic E-state index is 0. The number of ether oxygens (including phenoxy) is 2. The van der Waals surface area contributed by atoms with Crippen molar-refractivity contribution in [2.24, 2.45) is 23.7 Å². The summed E-state index contributed by atoms with van der Waals surface area (Å²) >= 11 is 0. The van der Waals surface area contributed by atoms with E-state index in [1.165, 1.54) is 0 Å². The van der Waals surface area contributed by atoms with E-state index in [0.29, 0.717) is 0 Å². The quantitative estimate of drug-likeness (QED) is 0.450. The molecule has 96 valence electrons. The molecule has 0 aromatic heterocycles. The first-order valence-corrected chi connectivity index (χ1v) is 4.27. The van der Waals surface area contributed by atoms with E-state index in [1.807, 2.05) is 0 Å². The number of carbonyl (C=O) groups excluding carboxylic acids is 3. The number of allylic oxidation sites excluding steroid dienone is 1. The first-order chi connectivity index (χ1) is 6.61. The third-order valence-electron chi connectivity index (χ3n) is 3.17. The van der Waals surface area contributed by atoms with Gasteiger partial charge in [-0.25, -0.2) is 0 Å². The molecule has 1 aliphatic carbocycles. The molecule has 0 spiro atoms. The molecule has 0 aromatic rings. The van der Waals surface area contributed by atoms with Crippen LogP contribution in [-0.2, 0) is 23.9 Å². The molecule has 2 aliphatic heterocycles. The Morgan fingerprint density at radius 1 is 0.706 bits per heavy atom. The average Bonchev–Trinajstić information content (AvgIpc) is 2.31. The molecule has 3 rings (SSSR count). The maximum Gasteiger partial charge on any atom is 0.318 e. The Bertz CT molecular complexity index is 325. The number of carbonyl (C=O) groups is 3. The Morgan fingerprint density at radius 3 is 1.53 bits per heavy atom. The molecule has 0 bridgehead atoms. The van der Waals surface area contributed by atoms with E-state index in [1.54, 1.807) is 0 Å². The molecule has 2 saturated heterocycles. The summed E-state index contributed by atoms with van der Waals surface area (Å²) in [5.74, 6) is -3.38. The fraction of sp³-hybridized carbons (Fsp3) is 0.444. The first kappa shape index (κ1) is 19.1. The van der Waals surface area contributed by atoms with Crippen molar-refractivity contribution in [2.45, 2.75) is 0 Å². The van der Waals surface area contributed by atoms with Gasteiger partial charge in [0.15, 0.2) is 0 Å². The zero-order valence-electron chi connectivity index (χ0n) is 8.12. The number of cyclic esters (lactones) is 3. The summed E-state index contributed by atoms with van der Waals surface area (Å²) in [5.41, 5.74) is 0. The molecule has 1 saturated carbocycles. The van der Waals surface area contributed by atoms with Gasteiger partial charge in [0.1, 0.15) is 5.76 Å². The van der Waals surface area contributed by atoms with Crippen LogP contribution in [-0.4, -0.2) is 17.9 Å². The number of hydrogen-bond acceptors (Lipinski definition) is 5. The van der Waals surface area contributed by atoms with Crippen molar-refractivity contribution >= 4 is 17.9 Å². The van der Waals surface area contributed by atoms with Gasteiger partial charge in [0.05, 0.1) is 17.8 Å². The van der Waals surface area contributed by atoms with Crippen LogP contribution in [0.1, 0.15) is 0 Å². The molecule has 4 unspecified atom stereocenters. The van der Waals surface area contributed by atoms with Crippen LogP contribution in [0.25, 0.3) is 0 Å². The van der Waals surface area contributed by atoms with Crippen molar-refractivity contribution in [2.75, 3.05) is 0 Å². The van der Waals surface area contributed by atoms with E-state index in [4.69, 9.17) is 4.74 Å². The van der Waals surface area contributed by atoms with Crippen molar-refractivity contribution < 1.29 is 137 Å². The maximum atomic E-state index is 11.2. The normalized spacial score (nSPS) is 36.2. The molecule has 8 heteroatoms. The minimum Gasteiger partial charge on any atom is -0.431 e. The minimum atomic E-state index is -0.626. The molecule has 0 N–H and O–H groups in total. The van der Waals surface area contributed by atoms with Gasteiger partial charge in [0.2, 0.25) is 0 Å². The molecule has 17 heavy (non-hydrogen) atoms. The van der Waals surface area contributed by atoms with Crippen molar-refractivity contribution in [3.63, 3.8) is 0 Å². The van der Waals surface area contributed by atoms with Crippen LogP contribution in [0.5, 0.6) is 0 Å². The van der Waals surface area contributed by atoms with Gasteiger partial charge in [-0.3, -0.25) is 14.4 Å². The molecule has 3 fully saturated rings. The molecular weight excluding hydrogens is 308 g/mol. The van der Waals surface area contributed by atoms with Crippen molar-refractivity contribution in [1.82, 2.24) is 0 Å². The van der Waals surface area contributed by atoms with Gasteiger partial charge in [-0.1, -0.05) is 6.58 Å². The van der Waals surface area contributed by atoms with Crippen LogP contribution in [0.4, 0.5) is 0 Å². The second-order valence-corrected chi connectivity index (χ2v) is 3.73. The van der Waals surface area contributed by atoms with Crippen LogP contribution < -0.4 is 0 Å². The van der Waals surface area contributed by atoms with Crippen LogP contribution in [0.2, 0.25) is 0 Å². The van der Waals surface area contributed by atoms with Gasteiger partial charge in [0.25, 0.3) is 0 Å². The topological polar surface area (TPSA) is 69.7 Å². The van der Waals surface area contributed by atoms with Crippen molar-refractivity contribution in [1.29, 1.82) is 0 Å². The number of esters is 3. The molecular formula is C9H6Ar3O5. The van der Waals surface area contributed by atoms with Crippen LogP contribution in [0.3, 0.4) is 0 Å². The SMILES string of the molecule is C=C1OC(=O)C2C1C1C(=O)OC(=O)C21.[Ar].[Ar].[Ar]. The van der Waals surface area contributed by atoms with Crippen molar-refractivity contribution in [3.8, 4) is 0 Å². The van der Waals surface area contributed by atoms with E-state index in [0.717, 1.165) is 0 Å². The molecule has 2 heterocycles. The fourth-order valence-electron chi connectivity index (χ4n) is 2.53. The number of rotatable bonds is 0. The first-order valence-electron chi connectivity index (χ1n) is 4.27. The Hall–Kier alpha value is 2.13. The van der Waals surface area contributed by atoms with Gasteiger partial charge in [-0.2, -0.15) is 0 Å². The number of fused-ring (bicyclic) bond motifs is 4. The zero-order valence-corrected chi connectivity index (χ0v) is 10.2. The zero-order chi connectivity index (χ0) is 10.0. The predicted octanol–water partition coefficient (Wildman–Crippen LogP) is -0.381. The van der Waals surface area contributed by atoms with Gasteiger partial charge in [0, 0.05) is 119 Å². The molecule has 0 radical (unpaired) electrons. The monoisotopic (exact) mass is 314 g/mol. The maximum absolute atomic E-state index is 11.2. The molecule has 5 nitrogen and oxygen atoms in total. The molecule has 4 atom stereocenters. The summed E-state index contributed by atoms with van der Waals surface area (Å²) in [7, 11) is 0. The van der Waals surface area contributed by atoms with Gasteiger partial charge in [-0.05, 0) is 0 Å². The molecule has 0 amide bonds. The van der Waals surface area contributed by atoms with E-state index >= 15 is 0 Å². The van der Waals surface area contributed by atoms with E-state index in [9.17, 15) is 14.4 Å². The van der Waals surface area contributed by atoms with Crippen LogP contribution >= 0.6 is 0 Å². The standard InChI is InChI=1S/C9H6O5.3Ar/c1-2-3-4(7(10)13-2)6-5(3)8(11)14-9(6)12;;;/h3-6H,1H2;;;. The summed E-state index contributed by atoms with van der Waals surface area (Å²) in [6, 6.07) is 0. The average molecular weight is 314 g/mol. The van der Waals surface area contributed by atoms with Crippen molar-refractivity contribution in [3.05, 3.63) is 12.3 Å². The number of hydrogen-bond donors (Lipinski definition) is 0. The third kappa shape index (κ3) is 2.66. The van der Waals surface area contributed by atoms with Gasteiger partial charge < -0.3 is 9.47 Å². The van der Waals surface area contributed by atoms with Crippen LogP contribution in [0, 0.1) is 137 Å². The second-order valence-electron chi connectivity index (χ2n) is 3.73. The largest absolute Gasteiger partial charge is 0.431 e. The Labute approximate surface area is 187 Å².